The summed E-state index contributed by atoms with van der Waals surface area (Å²) in [6.45, 7) is 16.3. The minimum absolute atomic E-state index is 0.0350. The Kier molecular flexibility index (Phi) is 5.11. The molecule has 1 aromatic carbocycles. The van der Waals surface area contributed by atoms with Gasteiger partial charge in [0.1, 0.15) is 11.4 Å². The molecule has 140 valence electrons. The molecule has 0 saturated heterocycles. The summed E-state index contributed by atoms with van der Waals surface area (Å²) in [7, 11) is -1.00. The third-order valence-corrected chi connectivity index (χ3v) is 8.44. The summed E-state index contributed by atoms with van der Waals surface area (Å²) in [5.74, 6) is 2.28. The lowest BCUT2D eigenvalue weighted by molar-refractivity contribution is -0.123. The smallest absolute Gasteiger partial charge is 0.123 e. The molecule has 1 fully saturated rings. The van der Waals surface area contributed by atoms with Gasteiger partial charge in [0.25, 0.3) is 0 Å². The average molecular weight is 361 g/mol. The molecule has 0 N–H and O–H groups in total. The van der Waals surface area contributed by atoms with Crippen molar-refractivity contribution < 1.29 is 9.47 Å². The van der Waals surface area contributed by atoms with Crippen molar-refractivity contribution in [2.75, 3.05) is 13.2 Å². The highest BCUT2D eigenvalue weighted by atomic mass is 28.3. The molecule has 0 radical (unpaired) electrons. The van der Waals surface area contributed by atoms with Crippen LogP contribution in [0.3, 0.4) is 0 Å². The Morgan fingerprint density at radius 1 is 1.16 bits per heavy atom. The van der Waals surface area contributed by atoms with Crippen LogP contribution in [0.1, 0.15) is 39.2 Å². The van der Waals surface area contributed by atoms with Crippen LogP contribution >= 0.6 is 0 Å². The summed E-state index contributed by atoms with van der Waals surface area (Å²) in [4.78, 5) is 0. The normalized spacial score (nSPS) is 31.0. The van der Waals surface area contributed by atoms with Gasteiger partial charge in [0.05, 0.1) is 0 Å². The second-order valence-electron chi connectivity index (χ2n) is 10.2. The van der Waals surface area contributed by atoms with Crippen LogP contribution in [0, 0.1) is 17.3 Å². The van der Waals surface area contributed by atoms with Crippen molar-refractivity contribution in [2.24, 2.45) is 17.3 Å². The quantitative estimate of drug-likeness (QED) is 0.489. The Morgan fingerprint density at radius 3 is 2.60 bits per heavy atom. The number of ether oxygens (including phenoxy) is 2. The summed E-state index contributed by atoms with van der Waals surface area (Å²) in [6.07, 6.45) is 3.47. The predicted molar refractivity (Wildman–Crippen MR) is 108 cm³/mol. The molecule has 0 amide bonds. The van der Waals surface area contributed by atoms with E-state index >= 15 is 0 Å². The van der Waals surface area contributed by atoms with E-state index in [4.69, 9.17) is 9.47 Å². The summed E-state index contributed by atoms with van der Waals surface area (Å²) in [6, 6.07) is 9.86. The van der Waals surface area contributed by atoms with Gasteiger partial charge in [0.2, 0.25) is 0 Å². The fraction of sp³-hybridized carbons (Fsp3) is 0.727. The van der Waals surface area contributed by atoms with Gasteiger partial charge in [-0.25, -0.2) is 0 Å². The van der Waals surface area contributed by atoms with Crippen LogP contribution < -0.4 is 4.74 Å². The molecule has 0 aromatic heterocycles. The van der Waals surface area contributed by atoms with Crippen molar-refractivity contribution in [3.8, 4) is 5.75 Å². The van der Waals surface area contributed by atoms with Crippen molar-refractivity contribution in [1.29, 1.82) is 0 Å². The summed E-state index contributed by atoms with van der Waals surface area (Å²) in [5.41, 5.74) is 1.57. The minimum atomic E-state index is -1.00. The van der Waals surface area contributed by atoms with Crippen molar-refractivity contribution in [2.45, 2.75) is 71.3 Å². The number of hydrogen-bond donors (Lipinski definition) is 0. The molecule has 1 aliphatic heterocycles. The maximum atomic E-state index is 6.54. The Bertz CT molecular complexity index is 604. The van der Waals surface area contributed by atoms with Crippen molar-refractivity contribution >= 4 is 8.07 Å². The summed E-state index contributed by atoms with van der Waals surface area (Å²) < 4.78 is 12.7. The van der Waals surface area contributed by atoms with E-state index in [1.165, 1.54) is 18.0 Å². The number of hydrogen-bond acceptors (Lipinski definition) is 2. The van der Waals surface area contributed by atoms with Gasteiger partial charge >= 0.3 is 0 Å². The molecule has 3 rings (SSSR count). The Hall–Kier alpha value is -0.803. The number of rotatable bonds is 5. The van der Waals surface area contributed by atoms with E-state index in [1.807, 2.05) is 0 Å². The van der Waals surface area contributed by atoms with E-state index in [-0.39, 0.29) is 11.0 Å². The zero-order valence-electron chi connectivity index (χ0n) is 17.0. The molecule has 1 saturated carbocycles. The molecule has 3 atom stereocenters. The van der Waals surface area contributed by atoms with Gasteiger partial charge in [-0.05, 0) is 55.2 Å². The van der Waals surface area contributed by atoms with E-state index in [1.54, 1.807) is 0 Å². The van der Waals surface area contributed by atoms with Gasteiger partial charge in [-0.2, -0.15) is 0 Å². The maximum Gasteiger partial charge on any atom is 0.123 e. The van der Waals surface area contributed by atoms with Crippen LogP contribution in [0.2, 0.25) is 25.7 Å². The highest BCUT2D eigenvalue weighted by Gasteiger charge is 2.54. The molecule has 3 heteroatoms. The molecular weight excluding hydrogens is 324 g/mol. The fourth-order valence-corrected chi connectivity index (χ4v) is 5.58. The van der Waals surface area contributed by atoms with Crippen LogP contribution in [0.15, 0.2) is 24.3 Å². The van der Waals surface area contributed by atoms with E-state index in [2.05, 4.69) is 64.7 Å². The van der Waals surface area contributed by atoms with Crippen LogP contribution in [0.25, 0.3) is 0 Å². The zero-order chi connectivity index (χ0) is 18.3. The van der Waals surface area contributed by atoms with Crippen LogP contribution in [-0.4, -0.2) is 26.9 Å². The van der Waals surface area contributed by atoms with Crippen molar-refractivity contribution in [1.82, 2.24) is 0 Å². The Balaban J connectivity index is 1.69. The molecule has 0 unspecified atom stereocenters. The second-order valence-corrected chi connectivity index (χ2v) is 15.8. The first-order valence-electron chi connectivity index (χ1n) is 9.96. The predicted octanol–water partition coefficient (Wildman–Crippen LogP) is 5.79. The van der Waals surface area contributed by atoms with Gasteiger partial charge in [-0.1, -0.05) is 51.7 Å². The molecule has 25 heavy (non-hydrogen) atoms. The first-order chi connectivity index (χ1) is 11.6. The van der Waals surface area contributed by atoms with Crippen molar-refractivity contribution in [3.05, 3.63) is 29.8 Å². The van der Waals surface area contributed by atoms with Crippen molar-refractivity contribution in [3.63, 3.8) is 0 Å². The van der Waals surface area contributed by atoms with E-state index in [0.29, 0.717) is 11.8 Å². The number of para-hydroxylation sites is 1. The largest absolute Gasteiger partial charge is 0.487 e. The Morgan fingerprint density at radius 2 is 1.88 bits per heavy atom. The molecule has 1 aliphatic carbocycles. The lowest BCUT2D eigenvalue weighted by Crippen LogP contribution is -2.57. The topological polar surface area (TPSA) is 18.5 Å². The minimum Gasteiger partial charge on any atom is -0.487 e. The van der Waals surface area contributed by atoms with Gasteiger partial charge in [0, 0.05) is 27.2 Å². The number of benzene rings is 1. The monoisotopic (exact) mass is 360 g/mol. The fourth-order valence-electron chi connectivity index (χ4n) is 4.82. The highest BCUT2D eigenvalue weighted by Crippen LogP contribution is 2.55. The molecule has 1 aromatic rings. The zero-order valence-corrected chi connectivity index (χ0v) is 18.0. The molecular formula is C22H36O2Si. The standard InChI is InChI=1S/C22H36O2Si/c1-21(2)18(16-23-13-14-25(4,5)6)11-12-22(3)20(21)15-17-9-7-8-10-19(17)24-22/h7-10,18,20H,11-16H2,1-6H3/t18-,20+,22+/m1/s1. The molecule has 0 bridgehead atoms. The molecule has 0 spiro atoms. The van der Waals surface area contributed by atoms with Gasteiger partial charge in [-0.3, -0.25) is 0 Å². The lowest BCUT2D eigenvalue weighted by Gasteiger charge is -2.56. The van der Waals surface area contributed by atoms with Crippen LogP contribution in [-0.2, 0) is 11.2 Å². The van der Waals surface area contributed by atoms with E-state index in [9.17, 15) is 0 Å². The van der Waals surface area contributed by atoms with Crippen LogP contribution in [0.4, 0.5) is 0 Å². The molecule has 2 nitrogen and oxygen atoms in total. The SMILES string of the molecule is CC1(C)[C@@H](COCC[Si](C)(C)C)CC[C@]2(C)Oc3ccccc3C[C@@H]12. The molecule has 1 heterocycles. The summed E-state index contributed by atoms with van der Waals surface area (Å²) >= 11 is 0. The highest BCUT2D eigenvalue weighted by molar-refractivity contribution is 6.76. The van der Waals surface area contributed by atoms with Gasteiger partial charge in [0.15, 0.2) is 0 Å². The van der Waals surface area contributed by atoms with E-state index < -0.39 is 8.07 Å². The van der Waals surface area contributed by atoms with Crippen LogP contribution in [0.5, 0.6) is 5.75 Å². The molecule has 2 aliphatic rings. The first kappa shape index (κ1) is 19.0. The van der Waals surface area contributed by atoms with E-state index in [0.717, 1.165) is 31.8 Å². The Labute approximate surface area is 155 Å². The first-order valence-corrected chi connectivity index (χ1v) is 13.7. The second kappa shape index (κ2) is 6.73. The van der Waals surface area contributed by atoms with Gasteiger partial charge < -0.3 is 9.47 Å². The van der Waals surface area contributed by atoms with Gasteiger partial charge in [-0.15, -0.1) is 0 Å². The summed E-state index contributed by atoms with van der Waals surface area (Å²) in [5, 5.41) is 0. The third kappa shape index (κ3) is 3.98. The lowest BCUT2D eigenvalue weighted by atomic mass is 9.54. The third-order valence-electron chi connectivity index (χ3n) is 6.73. The number of fused-ring (bicyclic) bond motifs is 2. The average Bonchev–Trinajstić information content (AvgIpc) is 2.51. The maximum absolute atomic E-state index is 6.54.